The van der Waals surface area contributed by atoms with Gasteiger partial charge in [-0.2, -0.15) is 0 Å². The highest BCUT2D eigenvalue weighted by molar-refractivity contribution is 9.09. The van der Waals surface area contributed by atoms with E-state index in [0.717, 1.165) is 24.8 Å². The average molecular weight is 297 g/mol. The van der Waals surface area contributed by atoms with Crippen LogP contribution in [0.3, 0.4) is 0 Å². The van der Waals surface area contributed by atoms with Gasteiger partial charge in [0.25, 0.3) is 0 Å². The van der Waals surface area contributed by atoms with E-state index >= 15 is 0 Å². The Bertz CT molecular complexity index is 326. The molecular weight excluding hydrogens is 276 g/mol. The average Bonchev–Trinajstić information content (AvgIpc) is 2.90. The highest BCUT2D eigenvalue weighted by atomic mass is 79.9. The van der Waals surface area contributed by atoms with Gasteiger partial charge in [-0.25, -0.2) is 0 Å². The van der Waals surface area contributed by atoms with Gasteiger partial charge in [0.2, 0.25) is 0 Å². The van der Waals surface area contributed by atoms with Gasteiger partial charge in [0, 0.05) is 17.4 Å². The SMILES string of the molecule is CCC(CBr)(CC1CCCO1)c1ccccc1. The molecular formula is C15H21BrO. The summed E-state index contributed by atoms with van der Waals surface area (Å²) in [6.07, 6.45) is 5.19. The Hall–Kier alpha value is -0.340. The Balaban J connectivity index is 2.19. The normalized spacial score (nSPS) is 23.5. The lowest BCUT2D eigenvalue weighted by Crippen LogP contribution is -2.32. The first-order chi connectivity index (χ1) is 8.30. The summed E-state index contributed by atoms with van der Waals surface area (Å²) in [7, 11) is 0. The predicted octanol–water partition coefficient (Wildman–Crippen LogP) is 4.30. The minimum absolute atomic E-state index is 0.232. The molecule has 1 heterocycles. The number of hydrogen-bond acceptors (Lipinski definition) is 1. The zero-order chi connectivity index (χ0) is 12.1. The molecule has 1 aromatic carbocycles. The Morgan fingerprint density at radius 3 is 2.65 bits per heavy atom. The number of hydrogen-bond donors (Lipinski definition) is 0. The Morgan fingerprint density at radius 1 is 1.35 bits per heavy atom. The summed E-state index contributed by atoms with van der Waals surface area (Å²) >= 11 is 3.72. The first-order valence-corrected chi connectivity index (χ1v) is 7.66. The molecule has 1 aliphatic rings. The fraction of sp³-hybridized carbons (Fsp3) is 0.600. The lowest BCUT2D eigenvalue weighted by molar-refractivity contribution is 0.0848. The summed E-state index contributed by atoms with van der Waals surface area (Å²) in [6.45, 7) is 3.23. The van der Waals surface area contributed by atoms with Crippen LogP contribution in [-0.4, -0.2) is 18.0 Å². The number of alkyl halides is 1. The van der Waals surface area contributed by atoms with Gasteiger partial charge < -0.3 is 4.74 Å². The van der Waals surface area contributed by atoms with E-state index in [1.807, 2.05) is 0 Å². The van der Waals surface area contributed by atoms with Crippen LogP contribution in [0.25, 0.3) is 0 Å². The van der Waals surface area contributed by atoms with E-state index in [-0.39, 0.29) is 5.41 Å². The fourth-order valence-corrected chi connectivity index (χ4v) is 3.67. The molecule has 0 amide bonds. The standard InChI is InChI=1S/C15H21BrO/c1-2-15(12-16,11-14-9-6-10-17-14)13-7-4-3-5-8-13/h3-5,7-8,14H,2,6,9-12H2,1H3. The minimum Gasteiger partial charge on any atom is -0.378 e. The third kappa shape index (κ3) is 2.92. The van der Waals surface area contributed by atoms with Crippen molar-refractivity contribution in [1.82, 2.24) is 0 Å². The highest BCUT2D eigenvalue weighted by Gasteiger charge is 2.33. The second-order valence-electron chi connectivity index (χ2n) is 4.97. The molecule has 1 nitrogen and oxygen atoms in total. The molecule has 0 radical (unpaired) electrons. The topological polar surface area (TPSA) is 9.23 Å². The molecule has 1 aliphatic heterocycles. The van der Waals surface area contributed by atoms with Gasteiger partial charge in [-0.05, 0) is 31.2 Å². The van der Waals surface area contributed by atoms with Crippen LogP contribution in [0, 0.1) is 0 Å². The minimum atomic E-state index is 0.232. The Labute approximate surface area is 113 Å². The van der Waals surface area contributed by atoms with Gasteiger partial charge >= 0.3 is 0 Å². The summed E-state index contributed by atoms with van der Waals surface area (Å²) in [5.74, 6) is 0. The third-order valence-electron chi connectivity index (χ3n) is 3.96. The molecule has 94 valence electrons. The van der Waals surface area contributed by atoms with Gasteiger partial charge in [-0.15, -0.1) is 0 Å². The van der Waals surface area contributed by atoms with Crippen molar-refractivity contribution in [1.29, 1.82) is 0 Å². The van der Waals surface area contributed by atoms with Crippen molar-refractivity contribution in [3.63, 3.8) is 0 Å². The monoisotopic (exact) mass is 296 g/mol. The molecule has 2 heteroatoms. The first kappa shape index (κ1) is 13.1. The number of benzene rings is 1. The lowest BCUT2D eigenvalue weighted by Gasteiger charge is -2.33. The summed E-state index contributed by atoms with van der Waals surface area (Å²) in [4.78, 5) is 0. The van der Waals surface area contributed by atoms with Crippen molar-refractivity contribution < 1.29 is 4.74 Å². The highest BCUT2D eigenvalue weighted by Crippen LogP contribution is 2.37. The maximum absolute atomic E-state index is 5.81. The van der Waals surface area contributed by atoms with E-state index in [1.54, 1.807) is 0 Å². The molecule has 1 saturated heterocycles. The van der Waals surface area contributed by atoms with E-state index < -0.39 is 0 Å². The second kappa shape index (κ2) is 6.01. The fourth-order valence-electron chi connectivity index (χ4n) is 2.73. The van der Waals surface area contributed by atoms with Crippen LogP contribution in [0.1, 0.15) is 38.2 Å². The molecule has 1 fully saturated rings. The number of rotatable bonds is 5. The van der Waals surface area contributed by atoms with E-state index in [1.165, 1.54) is 18.4 Å². The van der Waals surface area contributed by atoms with Crippen LogP contribution < -0.4 is 0 Å². The summed E-state index contributed by atoms with van der Waals surface area (Å²) in [5.41, 5.74) is 1.67. The van der Waals surface area contributed by atoms with E-state index in [9.17, 15) is 0 Å². The number of ether oxygens (including phenoxy) is 1. The predicted molar refractivity (Wildman–Crippen MR) is 75.8 cm³/mol. The first-order valence-electron chi connectivity index (χ1n) is 6.54. The molecule has 17 heavy (non-hydrogen) atoms. The van der Waals surface area contributed by atoms with Crippen molar-refractivity contribution in [2.24, 2.45) is 0 Å². The summed E-state index contributed by atoms with van der Waals surface area (Å²) in [5, 5.41) is 1.01. The molecule has 2 unspecified atom stereocenters. The number of halogens is 1. The summed E-state index contributed by atoms with van der Waals surface area (Å²) < 4.78 is 5.81. The van der Waals surface area contributed by atoms with Crippen molar-refractivity contribution in [2.75, 3.05) is 11.9 Å². The molecule has 0 aliphatic carbocycles. The summed E-state index contributed by atoms with van der Waals surface area (Å²) in [6, 6.07) is 10.9. The molecule has 0 aromatic heterocycles. The van der Waals surface area contributed by atoms with E-state index in [4.69, 9.17) is 4.74 Å². The quantitative estimate of drug-likeness (QED) is 0.736. The van der Waals surface area contributed by atoms with E-state index in [2.05, 4.69) is 53.2 Å². The van der Waals surface area contributed by atoms with Crippen molar-refractivity contribution in [3.8, 4) is 0 Å². The van der Waals surface area contributed by atoms with Gasteiger partial charge in [0.1, 0.15) is 0 Å². The van der Waals surface area contributed by atoms with Gasteiger partial charge in [-0.1, -0.05) is 53.2 Å². The van der Waals surface area contributed by atoms with Gasteiger partial charge in [0.05, 0.1) is 6.10 Å². The van der Waals surface area contributed by atoms with Crippen molar-refractivity contribution in [3.05, 3.63) is 35.9 Å². The van der Waals surface area contributed by atoms with Crippen LogP contribution in [0.4, 0.5) is 0 Å². The molecule has 2 atom stereocenters. The Morgan fingerprint density at radius 2 is 2.12 bits per heavy atom. The molecule has 0 saturated carbocycles. The molecule has 0 N–H and O–H groups in total. The molecule has 0 bridgehead atoms. The van der Waals surface area contributed by atoms with E-state index in [0.29, 0.717) is 6.10 Å². The largest absolute Gasteiger partial charge is 0.378 e. The molecule has 2 rings (SSSR count). The van der Waals surface area contributed by atoms with Crippen LogP contribution >= 0.6 is 15.9 Å². The van der Waals surface area contributed by atoms with Gasteiger partial charge in [-0.3, -0.25) is 0 Å². The van der Waals surface area contributed by atoms with Crippen molar-refractivity contribution >= 4 is 15.9 Å². The van der Waals surface area contributed by atoms with Crippen molar-refractivity contribution in [2.45, 2.75) is 44.1 Å². The van der Waals surface area contributed by atoms with Crippen LogP contribution in [0.2, 0.25) is 0 Å². The lowest BCUT2D eigenvalue weighted by atomic mass is 9.75. The molecule has 0 spiro atoms. The van der Waals surface area contributed by atoms with Gasteiger partial charge in [0.15, 0.2) is 0 Å². The van der Waals surface area contributed by atoms with Crippen LogP contribution in [0.5, 0.6) is 0 Å². The maximum Gasteiger partial charge on any atom is 0.0584 e. The van der Waals surface area contributed by atoms with Crippen LogP contribution in [0.15, 0.2) is 30.3 Å². The maximum atomic E-state index is 5.81. The van der Waals surface area contributed by atoms with Crippen LogP contribution in [-0.2, 0) is 10.2 Å². The smallest absolute Gasteiger partial charge is 0.0584 e. The third-order valence-corrected chi connectivity index (χ3v) is 5.03. The zero-order valence-electron chi connectivity index (χ0n) is 10.5. The molecule has 1 aromatic rings. The second-order valence-corrected chi connectivity index (χ2v) is 5.53. The Kier molecular flexibility index (Phi) is 4.63. The zero-order valence-corrected chi connectivity index (χ0v) is 12.1.